The highest BCUT2D eigenvalue weighted by Crippen LogP contribution is 2.35. The maximum Gasteiger partial charge on any atom is 0.240 e. The van der Waals surface area contributed by atoms with Crippen molar-refractivity contribution < 1.29 is 4.79 Å². The van der Waals surface area contributed by atoms with Crippen molar-refractivity contribution in [2.45, 2.75) is 12.3 Å². The Hall–Kier alpha value is -2.11. The van der Waals surface area contributed by atoms with E-state index >= 15 is 0 Å². The van der Waals surface area contributed by atoms with Gasteiger partial charge in [-0.15, -0.1) is 0 Å². The third-order valence-corrected chi connectivity index (χ3v) is 4.80. The lowest BCUT2D eigenvalue weighted by Gasteiger charge is -2.36. The van der Waals surface area contributed by atoms with Gasteiger partial charge in [0.15, 0.2) is 5.17 Å². The Morgan fingerprint density at radius 3 is 2.32 bits per heavy atom. The molecule has 4 rings (SSSR count). The summed E-state index contributed by atoms with van der Waals surface area (Å²) in [5.74, 6) is 0.572. The molecule has 2 heterocycles. The Balaban J connectivity index is 1.75. The zero-order valence-electron chi connectivity index (χ0n) is 11.8. The SMILES string of the molecule is O=C1CSC2=NC(c3ccccc3)NC(c3ccccc3)N12. The molecule has 1 N–H and O–H groups in total. The van der Waals surface area contributed by atoms with E-state index in [1.165, 1.54) is 11.8 Å². The second kappa shape index (κ2) is 5.59. The van der Waals surface area contributed by atoms with Crippen LogP contribution in [0.4, 0.5) is 0 Å². The molecule has 1 saturated heterocycles. The Labute approximate surface area is 133 Å². The van der Waals surface area contributed by atoms with Gasteiger partial charge >= 0.3 is 0 Å². The van der Waals surface area contributed by atoms with Gasteiger partial charge in [-0.25, -0.2) is 4.99 Å². The first kappa shape index (κ1) is 13.5. The highest BCUT2D eigenvalue weighted by atomic mass is 32.2. The van der Waals surface area contributed by atoms with Crippen LogP contribution in [0.2, 0.25) is 0 Å². The first-order valence-corrected chi connectivity index (χ1v) is 8.20. The van der Waals surface area contributed by atoms with Crippen molar-refractivity contribution in [3.8, 4) is 0 Å². The number of hydrogen-bond acceptors (Lipinski definition) is 4. The van der Waals surface area contributed by atoms with Gasteiger partial charge in [-0.1, -0.05) is 72.4 Å². The summed E-state index contributed by atoms with van der Waals surface area (Å²) in [6, 6.07) is 20.2. The molecule has 22 heavy (non-hydrogen) atoms. The minimum absolute atomic E-state index is 0.108. The predicted molar refractivity (Wildman–Crippen MR) is 88.2 cm³/mol. The molecule has 1 amide bonds. The lowest BCUT2D eigenvalue weighted by atomic mass is 10.1. The highest BCUT2D eigenvalue weighted by molar-refractivity contribution is 8.15. The highest BCUT2D eigenvalue weighted by Gasteiger charge is 2.39. The summed E-state index contributed by atoms with van der Waals surface area (Å²) in [5, 5.41) is 4.30. The van der Waals surface area contributed by atoms with Crippen molar-refractivity contribution >= 4 is 22.8 Å². The van der Waals surface area contributed by atoms with Crippen LogP contribution in [-0.4, -0.2) is 21.7 Å². The fraction of sp³-hybridized carbons (Fsp3) is 0.176. The molecular weight excluding hydrogens is 294 g/mol. The van der Waals surface area contributed by atoms with Gasteiger partial charge in [0.2, 0.25) is 5.91 Å². The molecule has 0 spiro atoms. The van der Waals surface area contributed by atoms with Crippen molar-refractivity contribution in [2.75, 3.05) is 5.75 Å². The molecule has 1 fully saturated rings. The van der Waals surface area contributed by atoms with Crippen LogP contribution >= 0.6 is 11.8 Å². The standard InChI is InChI=1S/C17H15N3OS/c21-14-11-22-17-19-15(12-7-3-1-4-8-12)18-16(20(14)17)13-9-5-2-6-10-13/h1-10,15-16,18H,11H2. The number of nitrogens with one attached hydrogen (secondary N) is 1. The van der Waals surface area contributed by atoms with Crippen LogP contribution in [0.5, 0.6) is 0 Å². The summed E-state index contributed by atoms with van der Waals surface area (Å²) in [6.07, 6.45) is -0.294. The van der Waals surface area contributed by atoms with E-state index in [9.17, 15) is 4.79 Å². The summed E-state index contributed by atoms with van der Waals surface area (Å²) in [5.41, 5.74) is 2.18. The first-order valence-electron chi connectivity index (χ1n) is 7.21. The molecule has 0 radical (unpaired) electrons. The average molecular weight is 309 g/mol. The van der Waals surface area contributed by atoms with E-state index in [1.54, 1.807) is 4.90 Å². The number of hydrogen-bond donors (Lipinski definition) is 1. The minimum atomic E-state index is -0.165. The van der Waals surface area contributed by atoms with E-state index in [-0.39, 0.29) is 18.2 Å². The van der Waals surface area contributed by atoms with Crippen molar-refractivity contribution in [1.82, 2.24) is 10.2 Å². The molecule has 2 aromatic carbocycles. The van der Waals surface area contributed by atoms with Crippen LogP contribution in [0.15, 0.2) is 65.7 Å². The number of thioether (sulfide) groups is 1. The molecule has 110 valence electrons. The number of rotatable bonds is 2. The van der Waals surface area contributed by atoms with Gasteiger partial charge in [-0.2, -0.15) is 0 Å². The van der Waals surface area contributed by atoms with E-state index in [1.807, 2.05) is 48.5 Å². The zero-order chi connectivity index (χ0) is 14.9. The van der Waals surface area contributed by atoms with E-state index < -0.39 is 0 Å². The van der Waals surface area contributed by atoms with E-state index in [0.29, 0.717) is 5.75 Å². The lowest BCUT2D eigenvalue weighted by Crippen LogP contribution is -2.46. The summed E-state index contributed by atoms with van der Waals surface area (Å²) < 4.78 is 0. The van der Waals surface area contributed by atoms with Crippen molar-refractivity contribution in [2.24, 2.45) is 4.99 Å². The molecule has 4 nitrogen and oxygen atoms in total. The molecule has 2 unspecified atom stereocenters. The quantitative estimate of drug-likeness (QED) is 0.927. The van der Waals surface area contributed by atoms with Gasteiger partial charge in [-0.05, 0) is 11.1 Å². The van der Waals surface area contributed by atoms with E-state index in [0.717, 1.165) is 16.3 Å². The Morgan fingerprint density at radius 1 is 1.00 bits per heavy atom. The van der Waals surface area contributed by atoms with Crippen LogP contribution in [-0.2, 0) is 4.79 Å². The second-order valence-corrected chi connectivity index (χ2v) is 6.20. The normalized spacial score (nSPS) is 24.1. The Morgan fingerprint density at radius 2 is 1.64 bits per heavy atom. The Kier molecular flexibility index (Phi) is 3.44. The second-order valence-electron chi connectivity index (χ2n) is 5.26. The molecule has 0 aliphatic carbocycles. The molecular formula is C17H15N3OS. The number of benzene rings is 2. The molecule has 0 bridgehead atoms. The number of carbonyl (C=O) groups is 1. The third kappa shape index (κ3) is 2.32. The largest absolute Gasteiger partial charge is 0.273 e. The fourth-order valence-corrected chi connectivity index (χ4v) is 3.70. The zero-order valence-corrected chi connectivity index (χ0v) is 12.7. The van der Waals surface area contributed by atoms with Crippen LogP contribution in [0.3, 0.4) is 0 Å². The van der Waals surface area contributed by atoms with Gasteiger partial charge in [0.1, 0.15) is 12.3 Å². The average Bonchev–Trinajstić information content (AvgIpc) is 2.97. The number of aliphatic imine (C=N–C) groups is 1. The van der Waals surface area contributed by atoms with Gasteiger partial charge in [0, 0.05) is 0 Å². The van der Waals surface area contributed by atoms with Crippen molar-refractivity contribution in [3.05, 3.63) is 71.8 Å². The molecule has 2 aromatic rings. The van der Waals surface area contributed by atoms with Crippen LogP contribution in [0.25, 0.3) is 0 Å². The lowest BCUT2D eigenvalue weighted by molar-refractivity contribution is -0.126. The molecule has 2 aliphatic heterocycles. The van der Waals surface area contributed by atoms with Crippen molar-refractivity contribution in [1.29, 1.82) is 0 Å². The number of amides is 1. The smallest absolute Gasteiger partial charge is 0.240 e. The van der Waals surface area contributed by atoms with E-state index in [4.69, 9.17) is 4.99 Å². The summed E-state index contributed by atoms with van der Waals surface area (Å²) in [6.45, 7) is 0. The van der Waals surface area contributed by atoms with Crippen LogP contribution < -0.4 is 5.32 Å². The fourth-order valence-electron chi connectivity index (χ4n) is 2.78. The summed E-state index contributed by atoms with van der Waals surface area (Å²) in [7, 11) is 0. The van der Waals surface area contributed by atoms with Gasteiger partial charge in [-0.3, -0.25) is 15.0 Å². The number of carbonyl (C=O) groups excluding carboxylic acids is 1. The molecule has 5 heteroatoms. The Bertz CT molecular complexity index is 717. The molecule has 2 aliphatic rings. The topological polar surface area (TPSA) is 44.7 Å². The molecule has 0 saturated carbocycles. The van der Waals surface area contributed by atoms with Crippen LogP contribution in [0.1, 0.15) is 23.5 Å². The van der Waals surface area contributed by atoms with Crippen molar-refractivity contribution in [3.63, 3.8) is 0 Å². The molecule has 2 atom stereocenters. The summed E-state index contributed by atoms with van der Waals surface area (Å²) in [4.78, 5) is 18.7. The van der Waals surface area contributed by atoms with Gasteiger partial charge in [0.05, 0.1) is 5.75 Å². The number of amidine groups is 1. The maximum absolute atomic E-state index is 12.2. The van der Waals surface area contributed by atoms with Gasteiger partial charge in [0.25, 0.3) is 0 Å². The van der Waals surface area contributed by atoms with Crippen LogP contribution in [0, 0.1) is 0 Å². The monoisotopic (exact) mass is 309 g/mol. The van der Waals surface area contributed by atoms with E-state index in [2.05, 4.69) is 17.4 Å². The van der Waals surface area contributed by atoms with Gasteiger partial charge < -0.3 is 0 Å². The first-order chi connectivity index (χ1) is 10.8. The minimum Gasteiger partial charge on any atom is -0.273 e. The predicted octanol–water partition coefficient (Wildman–Crippen LogP) is 2.92. The molecule has 0 aromatic heterocycles. The third-order valence-electron chi connectivity index (χ3n) is 3.84. The summed E-state index contributed by atoms with van der Waals surface area (Å²) >= 11 is 1.52. The maximum atomic E-state index is 12.2. The number of nitrogens with zero attached hydrogens (tertiary/aromatic N) is 2. The number of fused-ring (bicyclic) bond motifs is 1.